The lowest BCUT2D eigenvalue weighted by molar-refractivity contribution is 0.0929. The lowest BCUT2D eigenvalue weighted by atomic mass is 10.2. The molecule has 0 bridgehead atoms. The molecule has 7 nitrogen and oxygen atoms in total. The molecule has 0 saturated heterocycles. The number of hydrogen-bond acceptors (Lipinski definition) is 6. The topological polar surface area (TPSA) is 95.6 Å². The maximum atomic E-state index is 12.6. The quantitative estimate of drug-likeness (QED) is 0.581. The van der Waals surface area contributed by atoms with Crippen LogP contribution in [-0.2, 0) is 6.42 Å². The number of hydrogen-bond donors (Lipinski definition) is 3. The number of thiophene rings is 1. The molecule has 0 saturated carbocycles. The highest BCUT2D eigenvalue weighted by Crippen LogP contribution is 2.22. The van der Waals surface area contributed by atoms with Gasteiger partial charge in [0.2, 0.25) is 5.82 Å². The number of H-pyrrole nitrogens is 1. The number of amides is 1. The van der Waals surface area contributed by atoms with Gasteiger partial charge in [-0.1, -0.05) is 0 Å². The van der Waals surface area contributed by atoms with Gasteiger partial charge < -0.3 is 10.6 Å². The smallest absolute Gasteiger partial charge is 0.289 e. The maximum Gasteiger partial charge on any atom is 0.289 e. The van der Waals surface area contributed by atoms with Gasteiger partial charge in [0, 0.05) is 33.8 Å². The van der Waals surface area contributed by atoms with E-state index in [1.807, 2.05) is 33.0 Å². The van der Waals surface area contributed by atoms with E-state index < -0.39 is 0 Å². The van der Waals surface area contributed by atoms with Crippen LogP contribution < -0.4 is 10.6 Å². The Kier molecular flexibility index (Phi) is 5.85. The summed E-state index contributed by atoms with van der Waals surface area (Å²) in [5.74, 6) is 0.606. The fourth-order valence-corrected chi connectivity index (χ4v) is 3.54. The molecule has 0 aliphatic carbocycles. The van der Waals surface area contributed by atoms with Crippen molar-refractivity contribution >= 4 is 23.1 Å². The lowest BCUT2D eigenvalue weighted by Gasteiger charge is -2.14. The Morgan fingerprint density at radius 2 is 2.07 bits per heavy atom. The largest absolute Gasteiger partial charge is 0.369 e. The van der Waals surface area contributed by atoms with Crippen LogP contribution in [0.5, 0.6) is 0 Å². The molecule has 1 atom stereocenters. The monoisotopic (exact) mass is 384 g/mol. The molecular formula is C19H24N6OS. The van der Waals surface area contributed by atoms with Gasteiger partial charge >= 0.3 is 0 Å². The van der Waals surface area contributed by atoms with Crippen molar-refractivity contribution in [2.24, 2.45) is 0 Å². The summed E-state index contributed by atoms with van der Waals surface area (Å²) >= 11 is 1.68. The molecule has 0 aliphatic heterocycles. The van der Waals surface area contributed by atoms with E-state index in [0.717, 1.165) is 28.1 Å². The highest BCUT2D eigenvalue weighted by atomic mass is 32.1. The normalized spacial score (nSPS) is 12.0. The van der Waals surface area contributed by atoms with Crippen LogP contribution in [0.4, 0.5) is 5.82 Å². The molecule has 0 fully saturated rings. The Balaban J connectivity index is 1.69. The van der Waals surface area contributed by atoms with Crippen LogP contribution in [0.25, 0.3) is 0 Å². The first-order chi connectivity index (χ1) is 12.9. The standard InChI is InChI=1S/C19H24N6OS/c1-11-5-6-16(27-11)14(4)24-19(26)18-23-13(3)12(2)17(25-18)20-8-7-15-9-21-22-10-15/h5-6,9-10,14H,7-8H2,1-4H3,(H,21,22)(H,24,26)(H,20,23,25). The zero-order chi connectivity index (χ0) is 19.4. The number of rotatable bonds is 7. The molecule has 8 heteroatoms. The third kappa shape index (κ3) is 4.71. The summed E-state index contributed by atoms with van der Waals surface area (Å²) in [4.78, 5) is 23.8. The highest BCUT2D eigenvalue weighted by Gasteiger charge is 2.17. The van der Waals surface area contributed by atoms with E-state index in [2.05, 4.69) is 43.8 Å². The number of carbonyl (C=O) groups is 1. The van der Waals surface area contributed by atoms with Crippen LogP contribution in [0.15, 0.2) is 24.5 Å². The van der Waals surface area contributed by atoms with E-state index in [1.54, 1.807) is 17.5 Å². The Labute approximate surface area is 162 Å². The van der Waals surface area contributed by atoms with Crippen molar-refractivity contribution in [1.29, 1.82) is 0 Å². The summed E-state index contributed by atoms with van der Waals surface area (Å²) in [6.07, 6.45) is 4.48. The maximum absolute atomic E-state index is 12.6. The summed E-state index contributed by atoms with van der Waals surface area (Å²) in [5, 5.41) is 13.0. The third-order valence-electron chi connectivity index (χ3n) is 4.39. The molecule has 27 heavy (non-hydrogen) atoms. The Bertz CT molecular complexity index is 918. The predicted molar refractivity (Wildman–Crippen MR) is 107 cm³/mol. The van der Waals surface area contributed by atoms with Gasteiger partial charge in [0.05, 0.1) is 12.2 Å². The molecule has 3 N–H and O–H groups in total. The molecule has 1 amide bonds. The number of carbonyl (C=O) groups excluding carboxylic acids is 1. The second-order valence-electron chi connectivity index (χ2n) is 6.53. The molecule has 0 aliphatic rings. The summed E-state index contributed by atoms with van der Waals surface area (Å²) < 4.78 is 0. The number of aromatic nitrogens is 4. The first-order valence-electron chi connectivity index (χ1n) is 8.88. The van der Waals surface area contributed by atoms with E-state index in [0.29, 0.717) is 12.4 Å². The van der Waals surface area contributed by atoms with Crippen molar-refractivity contribution in [3.8, 4) is 0 Å². The Hall–Kier alpha value is -2.74. The van der Waals surface area contributed by atoms with Gasteiger partial charge in [0.1, 0.15) is 5.82 Å². The highest BCUT2D eigenvalue weighted by molar-refractivity contribution is 7.12. The van der Waals surface area contributed by atoms with Gasteiger partial charge in [-0.3, -0.25) is 9.89 Å². The molecule has 3 rings (SSSR count). The first-order valence-corrected chi connectivity index (χ1v) is 9.69. The Morgan fingerprint density at radius 3 is 2.74 bits per heavy atom. The van der Waals surface area contributed by atoms with Gasteiger partial charge in [-0.05, 0) is 51.8 Å². The third-order valence-corrected chi connectivity index (χ3v) is 5.57. The average Bonchev–Trinajstić information content (AvgIpc) is 3.30. The van der Waals surface area contributed by atoms with Crippen molar-refractivity contribution in [2.45, 2.75) is 40.2 Å². The van der Waals surface area contributed by atoms with Crippen molar-refractivity contribution < 1.29 is 4.79 Å². The second kappa shape index (κ2) is 8.30. The zero-order valence-electron chi connectivity index (χ0n) is 16.0. The minimum absolute atomic E-state index is 0.0843. The zero-order valence-corrected chi connectivity index (χ0v) is 16.8. The van der Waals surface area contributed by atoms with E-state index in [-0.39, 0.29) is 17.8 Å². The van der Waals surface area contributed by atoms with Crippen molar-refractivity contribution in [1.82, 2.24) is 25.5 Å². The minimum Gasteiger partial charge on any atom is -0.369 e. The Morgan fingerprint density at radius 1 is 1.26 bits per heavy atom. The molecule has 142 valence electrons. The number of nitrogens with zero attached hydrogens (tertiary/aromatic N) is 3. The molecule has 3 aromatic rings. The summed E-state index contributed by atoms with van der Waals surface area (Å²) in [6, 6.07) is 4.01. The van der Waals surface area contributed by atoms with Crippen LogP contribution in [0.1, 0.15) is 50.2 Å². The van der Waals surface area contributed by atoms with Gasteiger partial charge in [-0.25, -0.2) is 9.97 Å². The van der Waals surface area contributed by atoms with Gasteiger partial charge in [0.15, 0.2) is 0 Å². The summed E-state index contributed by atoms with van der Waals surface area (Å²) in [6.45, 7) is 8.56. The molecule has 3 aromatic heterocycles. The summed E-state index contributed by atoms with van der Waals surface area (Å²) in [7, 11) is 0. The van der Waals surface area contributed by atoms with Crippen molar-refractivity contribution in [3.05, 3.63) is 56.9 Å². The predicted octanol–water partition coefficient (Wildman–Crippen LogP) is 3.33. The second-order valence-corrected chi connectivity index (χ2v) is 7.85. The van der Waals surface area contributed by atoms with Crippen LogP contribution in [0, 0.1) is 20.8 Å². The fourth-order valence-electron chi connectivity index (χ4n) is 2.66. The molecule has 3 heterocycles. The van der Waals surface area contributed by atoms with Crippen LogP contribution in [0.2, 0.25) is 0 Å². The van der Waals surface area contributed by atoms with Gasteiger partial charge in [-0.15, -0.1) is 11.3 Å². The molecule has 0 spiro atoms. The summed E-state index contributed by atoms with van der Waals surface area (Å²) in [5.41, 5.74) is 2.85. The van der Waals surface area contributed by atoms with Crippen molar-refractivity contribution in [3.63, 3.8) is 0 Å². The van der Waals surface area contributed by atoms with Crippen molar-refractivity contribution in [2.75, 3.05) is 11.9 Å². The minimum atomic E-state index is -0.269. The number of anilines is 1. The first kappa shape index (κ1) is 19.0. The van der Waals surface area contributed by atoms with E-state index in [9.17, 15) is 4.79 Å². The molecule has 0 radical (unpaired) electrons. The van der Waals surface area contributed by atoms with Gasteiger partial charge in [0.25, 0.3) is 5.91 Å². The molecule has 0 aromatic carbocycles. The fraction of sp³-hybridized carbons (Fsp3) is 0.368. The van der Waals surface area contributed by atoms with Gasteiger partial charge in [-0.2, -0.15) is 5.10 Å². The number of aromatic amines is 1. The number of nitrogens with one attached hydrogen (secondary N) is 3. The van der Waals surface area contributed by atoms with E-state index in [4.69, 9.17) is 0 Å². The SMILES string of the molecule is Cc1ccc(C(C)NC(=O)c2nc(C)c(C)c(NCCc3cn[nH]c3)n2)s1. The van der Waals surface area contributed by atoms with E-state index >= 15 is 0 Å². The lowest BCUT2D eigenvalue weighted by Crippen LogP contribution is -2.28. The van der Waals surface area contributed by atoms with Crippen LogP contribution >= 0.6 is 11.3 Å². The molecule has 1 unspecified atom stereocenters. The van der Waals surface area contributed by atoms with E-state index in [1.165, 1.54) is 4.88 Å². The average molecular weight is 385 g/mol. The van der Waals surface area contributed by atoms with Crippen LogP contribution in [-0.4, -0.2) is 32.6 Å². The van der Waals surface area contributed by atoms with Crippen LogP contribution in [0.3, 0.4) is 0 Å². The number of aryl methyl sites for hydroxylation is 2. The molecular weight excluding hydrogens is 360 g/mol.